The summed E-state index contributed by atoms with van der Waals surface area (Å²) in [6.07, 6.45) is 0. The van der Waals surface area contributed by atoms with Crippen LogP contribution in [0.2, 0.25) is 0 Å². The van der Waals surface area contributed by atoms with E-state index < -0.39 is 0 Å². The van der Waals surface area contributed by atoms with Gasteiger partial charge in [0.1, 0.15) is 0 Å². The largest absolute Gasteiger partial charge is 0.357 e. The second-order valence-corrected chi connectivity index (χ2v) is 7.32. The Bertz CT molecular complexity index is 677. The van der Waals surface area contributed by atoms with Crippen molar-refractivity contribution in [2.75, 3.05) is 13.1 Å². The molecule has 0 aromatic carbocycles. The Morgan fingerprint density at radius 2 is 2.08 bits per heavy atom. The number of aliphatic imine (C=N–C) groups is 1. The van der Waals surface area contributed by atoms with Crippen LogP contribution in [0.15, 0.2) is 22.5 Å². The van der Waals surface area contributed by atoms with Gasteiger partial charge in [0.15, 0.2) is 5.96 Å². The predicted octanol–water partition coefficient (Wildman–Crippen LogP) is 3.88. The van der Waals surface area contributed by atoms with Crippen LogP contribution >= 0.6 is 35.3 Å². The van der Waals surface area contributed by atoms with Gasteiger partial charge in [-0.1, -0.05) is 6.92 Å². The van der Waals surface area contributed by atoms with E-state index >= 15 is 0 Å². The Labute approximate surface area is 172 Å². The molecule has 0 saturated carbocycles. The van der Waals surface area contributed by atoms with Crippen molar-refractivity contribution in [1.82, 2.24) is 20.4 Å². The molecule has 1 atom stereocenters. The fourth-order valence-electron chi connectivity index (χ4n) is 2.55. The summed E-state index contributed by atoms with van der Waals surface area (Å²) in [5, 5.41) is 13.4. The van der Waals surface area contributed by atoms with Crippen molar-refractivity contribution < 1.29 is 0 Å². The first-order chi connectivity index (χ1) is 11.5. The second kappa shape index (κ2) is 10.8. The van der Waals surface area contributed by atoms with Crippen LogP contribution in [0.25, 0.3) is 0 Å². The molecule has 2 rings (SSSR count). The highest BCUT2D eigenvalue weighted by Crippen LogP contribution is 2.16. The van der Waals surface area contributed by atoms with Crippen molar-refractivity contribution in [3.63, 3.8) is 0 Å². The van der Waals surface area contributed by atoms with Crippen LogP contribution in [-0.2, 0) is 13.1 Å². The van der Waals surface area contributed by atoms with Crippen LogP contribution in [0.5, 0.6) is 0 Å². The minimum Gasteiger partial charge on any atom is -0.357 e. The molecule has 0 radical (unpaired) electrons. The van der Waals surface area contributed by atoms with Crippen molar-refractivity contribution in [3.05, 3.63) is 39.3 Å². The van der Waals surface area contributed by atoms with Gasteiger partial charge in [-0.25, -0.2) is 4.99 Å². The highest BCUT2D eigenvalue weighted by molar-refractivity contribution is 14.0. The molecule has 5 nitrogen and oxygen atoms in total. The number of thiophene rings is 1. The van der Waals surface area contributed by atoms with Crippen molar-refractivity contribution >= 4 is 41.3 Å². The maximum Gasteiger partial charge on any atom is 0.191 e. The molecule has 2 aromatic heterocycles. The molecule has 0 spiro atoms. The highest BCUT2D eigenvalue weighted by Gasteiger charge is 2.08. The number of nitrogens with one attached hydrogen (secondary N) is 2. The number of rotatable bonds is 7. The third-order valence-corrected chi connectivity index (χ3v) is 4.91. The summed E-state index contributed by atoms with van der Waals surface area (Å²) in [6, 6.07) is 4.27. The zero-order valence-corrected chi connectivity index (χ0v) is 18.9. The van der Waals surface area contributed by atoms with Gasteiger partial charge in [-0.2, -0.15) is 5.10 Å². The van der Waals surface area contributed by atoms with E-state index in [1.807, 2.05) is 6.92 Å². The molecule has 0 amide bonds. The van der Waals surface area contributed by atoms with Crippen molar-refractivity contribution in [1.29, 1.82) is 0 Å². The summed E-state index contributed by atoms with van der Waals surface area (Å²) >= 11 is 1.77. The first-order valence-corrected chi connectivity index (χ1v) is 9.43. The molecule has 0 saturated heterocycles. The molecular formula is C18H30IN5S. The van der Waals surface area contributed by atoms with Crippen LogP contribution in [0.3, 0.4) is 0 Å². The van der Waals surface area contributed by atoms with Crippen molar-refractivity contribution in [2.24, 2.45) is 10.9 Å². The fraction of sp³-hybridized carbons (Fsp3) is 0.556. The standard InChI is InChI=1S/C18H29N5S.HI/c1-6-19-18(21-11-17-14(3)7-8-24-17)20-10-13(2)12-23-16(5)9-15(4)22-23;/h7-9,13H,6,10-12H2,1-5H3,(H2,19,20,21);1H. The molecule has 7 heteroatoms. The van der Waals surface area contributed by atoms with Gasteiger partial charge in [-0.3, -0.25) is 4.68 Å². The Kier molecular flexibility index (Phi) is 9.48. The van der Waals surface area contributed by atoms with E-state index in [1.54, 1.807) is 11.3 Å². The SMILES string of the molecule is CCNC(=NCc1sccc1C)NCC(C)Cn1nc(C)cc1C.I. The molecule has 2 heterocycles. The van der Waals surface area contributed by atoms with E-state index in [0.717, 1.165) is 37.8 Å². The number of hydrogen-bond donors (Lipinski definition) is 2. The fourth-order valence-corrected chi connectivity index (χ4v) is 3.38. The monoisotopic (exact) mass is 475 g/mol. The summed E-state index contributed by atoms with van der Waals surface area (Å²) in [5.74, 6) is 1.35. The first-order valence-electron chi connectivity index (χ1n) is 8.55. The summed E-state index contributed by atoms with van der Waals surface area (Å²) in [4.78, 5) is 6.02. The van der Waals surface area contributed by atoms with E-state index in [9.17, 15) is 0 Å². The third kappa shape index (κ3) is 6.97. The smallest absolute Gasteiger partial charge is 0.191 e. The van der Waals surface area contributed by atoms with E-state index in [0.29, 0.717) is 5.92 Å². The lowest BCUT2D eigenvalue weighted by Gasteiger charge is -2.16. The normalized spacial score (nSPS) is 12.6. The van der Waals surface area contributed by atoms with Gasteiger partial charge in [0, 0.05) is 30.2 Å². The number of halogens is 1. The van der Waals surface area contributed by atoms with Crippen LogP contribution in [-0.4, -0.2) is 28.8 Å². The Morgan fingerprint density at radius 3 is 2.64 bits per heavy atom. The minimum atomic E-state index is 0. The minimum absolute atomic E-state index is 0. The van der Waals surface area contributed by atoms with Gasteiger partial charge in [-0.15, -0.1) is 35.3 Å². The Morgan fingerprint density at radius 1 is 1.32 bits per heavy atom. The second-order valence-electron chi connectivity index (χ2n) is 6.32. The number of aromatic nitrogens is 2. The van der Waals surface area contributed by atoms with Gasteiger partial charge in [0.2, 0.25) is 0 Å². The van der Waals surface area contributed by atoms with Crippen LogP contribution < -0.4 is 10.6 Å². The zero-order valence-electron chi connectivity index (χ0n) is 15.8. The molecule has 0 fully saturated rings. The lowest BCUT2D eigenvalue weighted by atomic mass is 10.2. The molecule has 0 aliphatic heterocycles. The maximum absolute atomic E-state index is 4.70. The van der Waals surface area contributed by atoms with Gasteiger partial charge in [-0.05, 0) is 56.7 Å². The molecular weight excluding hydrogens is 445 g/mol. The molecule has 2 N–H and O–H groups in total. The van der Waals surface area contributed by atoms with Gasteiger partial charge >= 0.3 is 0 Å². The number of aryl methyl sites for hydroxylation is 3. The zero-order chi connectivity index (χ0) is 17.5. The van der Waals surface area contributed by atoms with Gasteiger partial charge in [0.05, 0.1) is 12.2 Å². The van der Waals surface area contributed by atoms with E-state index in [4.69, 9.17) is 4.99 Å². The van der Waals surface area contributed by atoms with Crippen LogP contribution in [0.4, 0.5) is 0 Å². The molecule has 2 aromatic rings. The van der Waals surface area contributed by atoms with E-state index in [-0.39, 0.29) is 24.0 Å². The van der Waals surface area contributed by atoms with Crippen LogP contribution in [0, 0.1) is 26.7 Å². The Hall–Kier alpha value is -1.09. The molecule has 25 heavy (non-hydrogen) atoms. The summed E-state index contributed by atoms with van der Waals surface area (Å²) in [5.41, 5.74) is 3.61. The van der Waals surface area contributed by atoms with Gasteiger partial charge in [0.25, 0.3) is 0 Å². The molecule has 140 valence electrons. The van der Waals surface area contributed by atoms with E-state index in [1.165, 1.54) is 16.1 Å². The molecule has 0 aliphatic rings. The first kappa shape index (κ1) is 22.0. The molecule has 0 bridgehead atoms. The van der Waals surface area contributed by atoms with Crippen molar-refractivity contribution in [3.8, 4) is 0 Å². The number of guanidine groups is 1. The summed E-state index contributed by atoms with van der Waals surface area (Å²) < 4.78 is 2.08. The quantitative estimate of drug-likeness (QED) is 0.363. The maximum atomic E-state index is 4.70. The Balaban J connectivity index is 0.00000312. The number of hydrogen-bond acceptors (Lipinski definition) is 3. The van der Waals surface area contributed by atoms with Gasteiger partial charge < -0.3 is 10.6 Å². The molecule has 1 unspecified atom stereocenters. The van der Waals surface area contributed by atoms with Crippen LogP contribution in [0.1, 0.15) is 35.7 Å². The molecule has 0 aliphatic carbocycles. The lowest BCUT2D eigenvalue weighted by molar-refractivity contribution is 0.436. The lowest BCUT2D eigenvalue weighted by Crippen LogP contribution is -2.40. The topological polar surface area (TPSA) is 54.2 Å². The number of nitrogens with zero attached hydrogens (tertiary/aromatic N) is 3. The predicted molar refractivity (Wildman–Crippen MR) is 118 cm³/mol. The summed E-state index contributed by atoms with van der Waals surface area (Å²) in [7, 11) is 0. The summed E-state index contributed by atoms with van der Waals surface area (Å²) in [6.45, 7) is 14.0. The van der Waals surface area contributed by atoms with E-state index in [2.05, 4.69) is 65.6 Å². The average molecular weight is 475 g/mol. The average Bonchev–Trinajstić information content (AvgIpc) is 3.07. The third-order valence-electron chi connectivity index (χ3n) is 3.90. The highest BCUT2D eigenvalue weighted by atomic mass is 127. The van der Waals surface area contributed by atoms with Crippen molar-refractivity contribution in [2.45, 2.75) is 47.7 Å².